The average molecular weight is 440 g/mol. The van der Waals surface area contributed by atoms with Crippen LogP contribution in [-0.4, -0.2) is 32.9 Å². The lowest BCUT2D eigenvalue weighted by Crippen LogP contribution is -2.31. The molecule has 158 valence electrons. The van der Waals surface area contributed by atoms with Crippen LogP contribution < -0.4 is 10.1 Å². The molecular weight excluding hydrogens is 418 g/mol. The average Bonchev–Trinajstić information content (AvgIpc) is 3.30. The molecular formula is C25H21N5OS. The Kier molecular flexibility index (Phi) is 5.47. The summed E-state index contributed by atoms with van der Waals surface area (Å²) in [6.07, 6.45) is 4.13. The number of nitrogens with one attached hydrogen (secondary N) is 1. The number of hydrazone groups is 1. The second-order valence-electron chi connectivity index (χ2n) is 7.44. The maximum absolute atomic E-state index is 5.77. The normalized spacial score (nSPS) is 15.5. The van der Waals surface area contributed by atoms with Crippen LogP contribution in [-0.2, 0) is 0 Å². The first-order chi connectivity index (χ1) is 15.7. The number of anilines is 1. The Morgan fingerprint density at radius 2 is 1.72 bits per heavy atom. The number of para-hydroxylation sites is 1. The van der Waals surface area contributed by atoms with Gasteiger partial charge in [0, 0.05) is 24.5 Å². The second kappa shape index (κ2) is 8.72. The molecule has 3 aromatic carbocycles. The summed E-state index contributed by atoms with van der Waals surface area (Å²) in [5.74, 6) is 0.815. The van der Waals surface area contributed by atoms with Crippen LogP contribution in [0.1, 0.15) is 23.6 Å². The third-order valence-corrected chi connectivity index (χ3v) is 5.73. The standard InChI is InChI=1S/C25H21N5OS/c1-31-20-10-7-17(8-11-20)22-16-24(18-9-12-21-23(15-18)27-14-13-26-21)30(29-22)25(32)28-19-5-3-2-4-6-19/h2-15,24H,16H2,1H3,(H,28,32)/t24-/m0/s1. The van der Waals surface area contributed by atoms with Crippen LogP contribution in [0.2, 0.25) is 0 Å². The van der Waals surface area contributed by atoms with Gasteiger partial charge in [0.2, 0.25) is 0 Å². The van der Waals surface area contributed by atoms with Crippen molar-refractivity contribution >= 4 is 39.8 Å². The molecule has 4 aromatic rings. The van der Waals surface area contributed by atoms with Gasteiger partial charge in [-0.25, -0.2) is 5.01 Å². The quantitative estimate of drug-likeness (QED) is 0.442. The number of benzene rings is 3. The number of nitrogens with zero attached hydrogens (tertiary/aromatic N) is 4. The fourth-order valence-corrected chi connectivity index (χ4v) is 4.09. The Hall–Kier alpha value is -3.84. The van der Waals surface area contributed by atoms with Crippen molar-refractivity contribution in [3.05, 3.63) is 96.3 Å². The zero-order valence-corrected chi connectivity index (χ0v) is 18.3. The summed E-state index contributed by atoms with van der Waals surface area (Å²) in [6.45, 7) is 0. The van der Waals surface area contributed by atoms with Gasteiger partial charge < -0.3 is 10.1 Å². The van der Waals surface area contributed by atoms with Gasteiger partial charge in [-0.3, -0.25) is 9.97 Å². The third kappa shape index (κ3) is 4.02. The molecule has 0 amide bonds. The first-order valence-electron chi connectivity index (χ1n) is 10.3. The predicted octanol–water partition coefficient (Wildman–Crippen LogP) is 5.19. The summed E-state index contributed by atoms with van der Waals surface area (Å²) in [6, 6.07) is 23.9. The first kappa shape index (κ1) is 20.1. The van der Waals surface area contributed by atoms with Crippen LogP contribution >= 0.6 is 12.2 Å². The number of ether oxygens (including phenoxy) is 1. The number of methoxy groups -OCH3 is 1. The monoisotopic (exact) mass is 439 g/mol. The number of rotatable bonds is 4. The zero-order chi connectivity index (χ0) is 21.9. The maximum atomic E-state index is 5.77. The summed E-state index contributed by atoms with van der Waals surface area (Å²) in [7, 11) is 1.66. The fraction of sp³-hybridized carbons (Fsp3) is 0.120. The Morgan fingerprint density at radius 3 is 2.47 bits per heavy atom. The molecule has 5 rings (SSSR count). The highest BCUT2D eigenvalue weighted by Gasteiger charge is 2.31. The lowest BCUT2D eigenvalue weighted by atomic mass is 9.98. The number of aromatic nitrogens is 2. The van der Waals surface area contributed by atoms with Gasteiger partial charge in [-0.15, -0.1) is 0 Å². The van der Waals surface area contributed by atoms with Crippen LogP contribution in [0, 0.1) is 0 Å². The van der Waals surface area contributed by atoms with Gasteiger partial charge in [0.05, 0.1) is 29.9 Å². The van der Waals surface area contributed by atoms with Crippen molar-refractivity contribution in [1.29, 1.82) is 0 Å². The SMILES string of the molecule is COc1ccc(C2=NN(C(=S)Nc3ccccc3)[C@H](c3ccc4nccnc4c3)C2)cc1. The van der Waals surface area contributed by atoms with Crippen molar-refractivity contribution in [3.8, 4) is 5.75 Å². The largest absolute Gasteiger partial charge is 0.497 e. The molecule has 6 nitrogen and oxygen atoms in total. The summed E-state index contributed by atoms with van der Waals surface area (Å²) in [4.78, 5) is 8.85. The van der Waals surface area contributed by atoms with E-state index in [0.717, 1.165) is 39.3 Å². The number of fused-ring (bicyclic) bond motifs is 1. The predicted molar refractivity (Wildman–Crippen MR) is 131 cm³/mol. The highest BCUT2D eigenvalue weighted by molar-refractivity contribution is 7.80. The zero-order valence-electron chi connectivity index (χ0n) is 17.5. The lowest BCUT2D eigenvalue weighted by molar-refractivity contribution is 0.376. The van der Waals surface area contributed by atoms with Crippen LogP contribution in [0.5, 0.6) is 5.75 Å². The molecule has 0 bridgehead atoms. The summed E-state index contributed by atoms with van der Waals surface area (Å²) >= 11 is 5.77. The number of thiocarbonyl (C=S) groups is 1. The van der Waals surface area contributed by atoms with E-state index >= 15 is 0 Å². The molecule has 0 unspecified atom stereocenters. The van der Waals surface area contributed by atoms with Gasteiger partial charge in [0.15, 0.2) is 5.11 Å². The molecule has 1 N–H and O–H groups in total. The van der Waals surface area contributed by atoms with E-state index in [1.807, 2.05) is 65.7 Å². The van der Waals surface area contributed by atoms with E-state index in [4.69, 9.17) is 22.1 Å². The third-order valence-electron chi connectivity index (χ3n) is 5.44. The van der Waals surface area contributed by atoms with E-state index in [2.05, 4.69) is 27.4 Å². The highest BCUT2D eigenvalue weighted by atomic mass is 32.1. The molecule has 0 saturated heterocycles. The molecule has 1 aromatic heterocycles. The molecule has 0 saturated carbocycles. The van der Waals surface area contributed by atoms with Crippen molar-refractivity contribution in [2.45, 2.75) is 12.5 Å². The number of hydrogen-bond acceptors (Lipinski definition) is 5. The van der Waals surface area contributed by atoms with Gasteiger partial charge in [-0.2, -0.15) is 5.10 Å². The lowest BCUT2D eigenvalue weighted by Gasteiger charge is -2.25. The molecule has 1 aliphatic rings. The minimum Gasteiger partial charge on any atom is -0.497 e. The topological polar surface area (TPSA) is 62.6 Å². The Labute approximate surface area is 191 Å². The molecule has 32 heavy (non-hydrogen) atoms. The van der Waals surface area contributed by atoms with Crippen molar-refractivity contribution in [1.82, 2.24) is 15.0 Å². The van der Waals surface area contributed by atoms with Crippen LogP contribution in [0.3, 0.4) is 0 Å². The molecule has 0 spiro atoms. The molecule has 0 aliphatic carbocycles. The van der Waals surface area contributed by atoms with Crippen molar-refractivity contribution in [2.24, 2.45) is 5.10 Å². The maximum Gasteiger partial charge on any atom is 0.194 e. The molecule has 0 fully saturated rings. The Bertz CT molecular complexity index is 1290. The van der Waals surface area contributed by atoms with Gasteiger partial charge >= 0.3 is 0 Å². The molecule has 1 atom stereocenters. The Balaban J connectivity index is 1.50. The molecule has 1 aliphatic heterocycles. The van der Waals surface area contributed by atoms with E-state index in [-0.39, 0.29) is 6.04 Å². The molecule has 7 heteroatoms. The number of hydrogen-bond donors (Lipinski definition) is 1. The Morgan fingerprint density at radius 1 is 0.969 bits per heavy atom. The van der Waals surface area contributed by atoms with Gasteiger partial charge in [-0.05, 0) is 71.9 Å². The molecule has 0 radical (unpaired) electrons. The van der Waals surface area contributed by atoms with Gasteiger partial charge in [0.1, 0.15) is 5.75 Å². The van der Waals surface area contributed by atoms with Crippen molar-refractivity contribution in [2.75, 3.05) is 12.4 Å². The second-order valence-corrected chi connectivity index (χ2v) is 7.83. The summed E-state index contributed by atoms with van der Waals surface area (Å²) in [5, 5.41) is 10.7. The van der Waals surface area contributed by atoms with Gasteiger partial charge in [-0.1, -0.05) is 24.3 Å². The van der Waals surface area contributed by atoms with E-state index < -0.39 is 0 Å². The van der Waals surface area contributed by atoms with Crippen LogP contribution in [0.25, 0.3) is 11.0 Å². The summed E-state index contributed by atoms with van der Waals surface area (Å²) < 4.78 is 5.29. The van der Waals surface area contributed by atoms with E-state index in [0.29, 0.717) is 11.5 Å². The van der Waals surface area contributed by atoms with Gasteiger partial charge in [0.25, 0.3) is 0 Å². The van der Waals surface area contributed by atoms with Crippen LogP contribution in [0.15, 0.2) is 90.3 Å². The van der Waals surface area contributed by atoms with E-state index in [1.165, 1.54) is 0 Å². The minimum atomic E-state index is -0.0535. The highest BCUT2D eigenvalue weighted by Crippen LogP contribution is 2.34. The van der Waals surface area contributed by atoms with E-state index in [9.17, 15) is 0 Å². The summed E-state index contributed by atoms with van der Waals surface area (Å²) in [5.41, 5.74) is 5.73. The van der Waals surface area contributed by atoms with Crippen LogP contribution in [0.4, 0.5) is 5.69 Å². The molecule has 2 heterocycles. The van der Waals surface area contributed by atoms with Crippen molar-refractivity contribution < 1.29 is 4.74 Å². The fourth-order valence-electron chi connectivity index (χ4n) is 3.80. The smallest absolute Gasteiger partial charge is 0.194 e. The minimum absolute atomic E-state index is 0.0535. The first-order valence-corrected chi connectivity index (χ1v) is 10.7. The van der Waals surface area contributed by atoms with Crippen molar-refractivity contribution in [3.63, 3.8) is 0 Å². The van der Waals surface area contributed by atoms with E-state index in [1.54, 1.807) is 19.5 Å².